The maximum absolute atomic E-state index is 12.9. The number of aliphatic imine (C=N–C) groups is 1. The molecule has 0 rings (SSSR count). The van der Waals surface area contributed by atoms with E-state index in [1.54, 1.807) is 20.8 Å². The lowest BCUT2D eigenvalue weighted by Gasteiger charge is -2.26. The van der Waals surface area contributed by atoms with Gasteiger partial charge >= 0.3 is 5.97 Å². The van der Waals surface area contributed by atoms with Crippen LogP contribution >= 0.6 is 12.6 Å². The minimum Gasteiger partial charge on any atom is -0.480 e. The highest BCUT2D eigenvalue weighted by molar-refractivity contribution is 7.80. The summed E-state index contributed by atoms with van der Waals surface area (Å²) < 4.78 is 0. The summed E-state index contributed by atoms with van der Waals surface area (Å²) in [6, 6.07) is -4.05. The first-order valence-corrected chi connectivity index (χ1v) is 11.5. The van der Waals surface area contributed by atoms with Crippen LogP contribution in [-0.4, -0.2) is 71.2 Å². The number of carbonyl (C=O) groups is 4. The average Bonchev–Trinajstić information content (AvgIpc) is 2.75. The van der Waals surface area contributed by atoms with Crippen LogP contribution in [0.2, 0.25) is 0 Å². The second kappa shape index (κ2) is 15.3. The van der Waals surface area contributed by atoms with Gasteiger partial charge in [-0.05, 0) is 24.7 Å². The number of carbonyl (C=O) groups excluding carboxylic acids is 3. The maximum atomic E-state index is 12.9. The van der Waals surface area contributed by atoms with Crippen molar-refractivity contribution in [2.45, 2.75) is 71.1 Å². The van der Waals surface area contributed by atoms with Gasteiger partial charge in [-0.1, -0.05) is 34.1 Å². The molecule has 3 amide bonds. The Labute approximate surface area is 200 Å². The molecule has 0 aliphatic rings. The predicted octanol–water partition coefficient (Wildman–Crippen LogP) is -1.46. The number of rotatable bonds is 15. The zero-order valence-corrected chi connectivity index (χ0v) is 20.6. The van der Waals surface area contributed by atoms with Gasteiger partial charge in [0.1, 0.15) is 18.1 Å². The van der Waals surface area contributed by atoms with Crippen LogP contribution in [0.1, 0.15) is 47.0 Å². The molecule has 0 saturated heterocycles. The van der Waals surface area contributed by atoms with Gasteiger partial charge in [-0.25, -0.2) is 4.79 Å². The number of hydrogen-bond acceptors (Lipinski definition) is 7. The van der Waals surface area contributed by atoms with Gasteiger partial charge in [-0.3, -0.25) is 19.4 Å². The monoisotopic (exact) mass is 489 g/mol. The number of nitrogens with zero attached hydrogens (tertiary/aromatic N) is 1. The van der Waals surface area contributed by atoms with Crippen molar-refractivity contribution in [1.29, 1.82) is 0 Å². The van der Waals surface area contributed by atoms with Crippen molar-refractivity contribution in [3.8, 4) is 0 Å². The van der Waals surface area contributed by atoms with Gasteiger partial charge in [-0.15, -0.1) is 0 Å². The smallest absolute Gasteiger partial charge is 0.326 e. The number of guanidine groups is 1. The van der Waals surface area contributed by atoms with E-state index in [2.05, 4.69) is 33.6 Å². The summed E-state index contributed by atoms with van der Waals surface area (Å²) in [5, 5.41) is 17.0. The normalized spacial score (nSPS) is 15.5. The first kappa shape index (κ1) is 30.5. The number of thiol groups is 1. The van der Waals surface area contributed by atoms with E-state index in [1.807, 2.05) is 6.92 Å². The fourth-order valence-electron chi connectivity index (χ4n) is 2.75. The van der Waals surface area contributed by atoms with Gasteiger partial charge in [0.2, 0.25) is 17.7 Å². The van der Waals surface area contributed by atoms with Crippen LogP contribution in [0.5, 0.6) is 0 Å². The molecule has 10 N–H and O–H groups in total. The van der Waals surface area contributed by atoms with E-state index in [-0.39, 0.29) is 36.5 Å². The number of nitrogens with one attached hydrogen (secondary N) is 3. The van der Waals surface area contributed by atoms with E-state index in [9.17, 15) is 24.3 Å². The standard InChI is InChI=1S/C20H39N7O5S/c1-5-11(4)15(19(31)32)27-17(29)13(9-33)26-16(28)12(7-6-8-24-20(22)23)25-18(30)14(21)10(2)3/h10-15,33H,5-9,21H2,1-4H3,(H,25,30)(H,26,28)(H,27,29)(H,31,32)(H4,22,23,24). The Morgan fingerprint density at radius 1 is 0.970 bits per heavy atom. The van der Waals surface area contributed by atoms with E-state index < -0.39 is 47.9 Å². The molecule has 0 radical (unpaired) electrons. The Hall–Kier alpha value is -2.54. The molecule has 0 saturated carbocycles. The van der Waals surface area contributed by atoms with E-state index in [0.29, 0.717) is 12.8 Å². The lowest BCUT2D eigenvalue weighted by molar-refractivity contribution is -0.143. The number of carboxylic acids is 1. The molecule has 0 aromatic heterocycles. The zero-order chi connectivity index (χ0) is 25.7. The Kier molecular flexibility index (Phi) is 14.1. The summed E-state index contributed by atoms with van der Waals surface area (Å²) in [6.45, 7) is 7.30. The fourth-order valence-corrected chi connectivity index (χ4v) is 3.00. The Morgan fingerprint density at radius 3 is 1.97 bits per heavy atom. The molecule has 0 aromatic rings. The number of aliphatic carboxylic acids is 1. The van der Waals surface area contributed by atoms with Crippen molar-refractivity contribution in [2.24, 2.45) is 34.0 Å². The second-order valence-electron chi connectivity index (χ2n) is 8.23. The molecule has 0 aliphatic carbocycles. The first-order chi connectivity index (χ1) is 15.3. The van der Waals surface area contributed by atoms with E-state index in [4.69, 9.17) is 17.2 Å². The van der Waals surface area contributed by atoms with Crippen molar-refractivity contribution in [3.63, 3.8) is 0 Å². The Bertz CT molecular complexity index is 700. The highest BCUT2D eigenvalue weighted by Crippen LogP contribution is 2.09. The molecule has 0 aromatic carbocycles. The van der Waals surface area contributed by atoms with Crippen LogP contribution in [-0.2, 0) is 19.2 Å². The number of nitrogens with two attached hydrogens (primary N) is 3. The summed E-state index contributed by atoms with van der Waals surface area (Å²) in [5.74, 6) is -3.64. The Morgan fingerprint density at radius 2 is 1.52 bits per heavy atom. The van der Waals surface area contributed by atoms with E-state index in [1.165, 1.54) is 0 Å². The summed E-state index contributed by atoms with van der Waals surface area (Å²) in [6.07, 6.45) is 1.10. The zero-order valence-electron chi connectivity index (χ0n) is 19.7. The highest BCUT2D eigenvalue weighted by Gasteiger charge is 2.31. The van der Waals surface area contributed by atoms with Gasteiger partial charge in [0.15, 0.2) is 5.96 Å². The van der Waals surface area contributed by atoms with Crippen molar-refractivity contribution >= 4 is 42.3 Å². The quantitative estimate of drug-likeness (QED) is 0.0587. The van der Waals surface area contributed by atoms with Gasteiger partial charge in [-0.2, -0.15) is 12.6 Å². The lowest BCUT2D eigenvalue weighted by Crippen LogP contribution is -2.58. The largest absolute Gasteiger partial charge is 0.480 e. The molecule has 190 valence electrons. The van der Waals surface area contributed by atoms with Crippen molar-refractivity contribution in [1.82, 2.24) is 16.0 Å². The maximum Gasteiger partial charge on any atom is 0.326 e. The molecule has 0 heterocycles. The average molecular weight is 490 g/mol. The summed E-state index contributed by atoms with van der Waals surface area (Å²) in [4.78, 5) is 53.3. The van der Waals surface area contributed by atoms with Crippen LogP contribution in [0, 0.1) is 11.8 Å². The van der Waals surface area contributed by atoms with E-state index in [0.717, 1.165) is 0 Å². The van der Waals surface area contributed by atoms with E-state index >= 15 is 0 Å². The molecular formula is C20H39N7O5S. The third kappa shape index (κ3) is 11.2. The number of hydrogen-bond donors (Lipinski definition) is 8. The van der Waals surface area contributed by atoms with Crippen LogP contribution in [0.25, 0.3) is 0 Å². The van der Waals surface area contributed by atoms with Crippen LogP contribution in [0.15, 0.2) is 4.99 Å². The lowest BCUT2D eigenvalue weighted by atomic mass is 9.99. The molecule has 33 heavy (non-hydrogen) atoms. The van der Waals surface area contributed by atoms with Gasteiger partial charge in [0.25, 0.3) is 0 Å². The molecule has 0 bridgehead atoms. The molecule has 5 atom stereocenters. The highest BCUT2D eigenvalue weighted by atomic mass is 32.1. The molecule has 12 nitrogen and oxygen atoms in total. The van der Waals surface area contributed by atoms with Crippen molar-refractivity contribution in [2.75, 3.05) is 12.3 Å². The van der Waals surface area contributed by atoms with Gasteiger partial charge in [0, 0.05) is 12.3 Å². The predicted molar refractivity (Wildman–Crippen MR) is 129 cm³/mol. The van der Waals surface area contributed by atoms with Crippen LogP contribution < -0.4 is 33.2 Å². The molecule has 0 spiro atoms. The van der Waals surface area contributed by atoms with Crippen molar-refractivity contribution in [3.05, 3.63) is 0 Å². The van der Waals surface area contributed by atoms with Gasteiger partial charge < -0.3 is 38.3 Å². The van der Waals surface area contributed by atoms with Crippen LogP contribution in [0.3, 0.4) is 0 Å². The van der Waals surface area contributed by atoms with Crippen LogP contribution in [0.4, 0.5) is 0 Å². The Balaban J connectivity index is 5.39. The van der Waals surface area contributed by atoms with Crippen molar-refractivity contribution < 1.29 is 24.3 Å². The minimum atomic E-state index is -1.17. The SMILES string of the molecule is CCC(C)C(NC(=O)C(CS)NC(=O)C(CCCN=C(N)N)NC(=O)C(N)C(C)C)C(=O)O. The summed E-state index contributed by atoms with van der Waals surface area (Å²) in [5.41, 5.74) is 16.5. The topological polar surface area (TPSA) is 215 Å². The third-order valence-electron chi connectivity index (χ3n) is 5.19. The molecule has 0 fully saturated rings. The molecular weight excluding hydrogens is 450 g/mol. The minimum absolute atomic E-state index is 0.0788. The summed E-state index contributed by atoms with van der Waals surface area (Å²) >= 11 is 4.11. The number of amides is 3. The molecule has 0 aliphatic heterocycles. The fraction of sp³-hybridized carbons (Fsp3) is 0.750. The molecule has 5 unspecified atom stereocenters. The van der Waals surface area contributed by atoms with Gasteiger partial charge in [0.05, 0.1) is 6.04 Å². The number of carboxylic acid groups (broad SMARTS) is 1. The third-order valence-corrected chi connectivity index (χ3v) is 5.56. The second-order valence-corrected chi connectivity index (χ2v) is 8.60. The molecule has 13 heteroatoms. The first-order valence-electron chi connectivity index (χ1n) is 10.9. The summed E-state index contributed by atoms with van der Waals surface area (Å²) in [7, 11) is 0.